The highest BCUT2D eigenvalue weighted by Gasteiger charge is 2.41. The van der Waals surface area contributed by atoms with Gasteiger partial charge < -0.3 is 24.8 Å². The number of hydrogen-bond acceptors (Lipinski definition) is 6. The number of rotatable bonds is 7. The second-order valence-electron chi connectivity index (χ2n) is 9.94. The monoisotopic (exact) mass is 560 g/mol. The summed E-state index contributed by atoms with van der Waals surface area (Å²) in [6.07, 6.45) is 0.779. The van der Waals surface area contributed by atoms with Gasteiger partial charge >= 0.3 is 0 Å². The van der Waals surface area contributed by atoms with E-state index in [2.05, 4.69) is 10.6 Å². The number of amides is 1. The fourth-order valence-corrected chi connectivity index (χ4v) is 5.70. The molecule has 0 aromatic heterocycles. The molecule has 1 amide bonds. The zero-order valence-corrected chi connectivity index (χ0v) is 23.1. The molecule has 1 heterocycles. The number of halogens is 2. The summed E-state index contributed by atoms with van der Waals surface area (Å²) in [4.78, 5) is 27.7. The molecule has 9 heteroatoms. The van der Waals surface area contributed by atoms with E-state index in [0.29, 0.717) is 46.2 Å². The third-order valence-electron chi connectivity index (χ3n) is 7.56. The Balaban J connectivity index is 1.66. The van der Waals surface area contributed by atoms with Gasteiger partial charge in [0.2, 0.25) is 5.75 Å². The Morgan fingerprint density at radius 3 is 2.10 bits per heavy atom. The van der Waals surface area contributed by atoms with Crippen LogP contribution in [0.1, 0.15) is 42.7 Å². The zero-order valence-electron chi connectivity index (χ0n) is 23.1. The van der Waals surface area contributed by atoms with Crippen molar-refractivity contribution >= 4 is 17.4 Å². The molecule has 3 aromatic rings. The number of anilines is 1. The quantitative estimate of drug-likeness (QED) is 0.369. The van der Waals surface area contributed by atoms with Gasteiger partial charge in [0, 0.05) is 34.9 Å². The summed E-state index contributed by atoms with van der Waals surface area (Å²) in [6, 6.07) is 16.5. The van der Waals surface area contributed by atoms with Gasteiger partial charge in [0.25, 0.3) is 5.91 Å². The van der Waals surface area contributed by atoms with Crippen molar-refractivity contribution in [3.8, 4) is 17.2 Å². The number of hydrogen-bond donors (Lipinski definition) is 2. The minimum atomic E-state index is -0.913. The zero-order chi connectivity index (χ0) is 29.3. The molecule has 7 nitrogen and oxygen atoms in total. The van der Waals surface area contributed by atoms with Crippen LogP contribution in [0.15, 0.2) is 83.2 Å². The number of ketones is 1. The van der Waals surface area contributed by atoms with Crippen molar-refractivity contribution in [1.82, 2.24) is 5.32 Å². The third-order valence-corrected chi connectivity index (χ3v) is 7.56. The third kappa shape index (κ3) is 5.15. The first-order valence-corrected chi connectivity index (χ1v) is 13.1. The molecule has 2 aliphatic rings. The van der Waals surface area contributed by atoms with Crippen LogP contribution in [0.4, 0.5) is 14.5 Å². The number of ether oxygens (including phenoxy) is 3. The first-order valence-electron chi connectivity index (χ1n) is 13.1. The van der Waals surface area contributed by atoms with Crippen molar-refractivity contribution in [1.29, 1.82) is 0 Å². The van der Waals surface area contributed by atoms with Gasteiger partial charge in [-0.25, -0.2) is 8.78 Å². The lowest BCUT2D eigenvalue weighted by Crippen LogP contribution is -2.37. The molecule has 0 radical (unpaired) electrons. The predicted molar refractivity (Wildman–Crippen MR) is 150 cm³/mol. The van der Waals surface area contributed by atoms with Crippen LogP contribution in [0.25, 0.3) is 0 Å². The summed E-state index contributed by atoms with van der Waals surface area (Å²) in [5.74, 6) is -2.61. The largest absolute Gasteiger partial charge is 0.493 e. The smallest absolute Gasteiger partial charge is 0.254 e. The maximum Gasteiger partial charge on any atom is 0.254 e. The van der Waals surface area contributed by atoms with E-state index in [9.17, 15) is 18.4 Å². The van der Waals surface area contributed by atoms with E-state index >= 15 is 0 Å². The van der Waals surface area contributed by atoms with Gasteiger partial charge in [0.05, 0.1) is 21.3 Å². The molecule has 0 fully saturated rings. The van der Waals surface area contributed by atoms with E-state index < -0.39 is 29.1 Å². The van der Waals surface area contributed by atoms with Gasteiger partial charge in [-0.3, -0.25) is 9.59 Å². The highest BCUT2D eigenvalue weighted by molar-refractivity contribution is 6.10. The van der Waals surface area contributed by atoms with Crippen LogP contribution in [0.5, 0.6) is 17.2 Å². The lowest BCUT2D eigenvalue weighted by Gasteiger charge is -2.37. The number of carbonyl (C=O) groups excluding carboxylic acids is 2. The molecule has 41 heavy (non-hydrogen) atoms. The lowest BCUT2D eigenvalue weighted by atomic mass is 9.71. The van der Waals surface area contributed by atoms with Gasteiger partial charge in [0.1, 0.15) is 17.3 Å². The fraction of sp³-hybridized carbons (Fsp3) is 0.250. The Labute approximate surface area is 236 Å². The fourth-order valence-electron chi connectivity index (χ4n) is 5.70. The van der Waals surface area contributed by atoms with E-state index in [1.54, 1.807) is 19.1 Å². The number of benzene rings is 3. The Kier molecular flexibility index (Phi) is 7.79. The predicted octanol–water partition coefficient (Wildman–Crippen LogP) is 5.99. The highest BCUT2D eigenvalue weighted by Crippen LogP contribution is 2.49. The molecule has 0 bridgehead atoms. The molecule has 5 rings (SSSR count). The molecule has 2 N–H and O–H groups in total. The van der Waals surface area contributed by atoms with Crippen LogP contribution in [0.2, 0.25) is 0 Å². The number of nitrogens with one attached hydrogen (secondary N) is 2. The Morgan fingerprint density at radius 1 is 0.878 bits per heavy atom. The van der Waals surface area contributed by atoms with Crippen LogP contribution < -0.4 is 24.8 Å². The summed E-state index contributed by atoms with van der Waals surface area (Å²) in [7, 11) is 4.42. The molecule has 2 atom stereocenters. The maximum atomic E-state index is 14.5. The molecule has 0 spiro atoms. The van der Waals surface area contributed by atoms with Crippen molar-refractivity contribution in [3.63, 3.8) is 0 Å². The summed E-state index contributed by atoms with van der Waals surface area (Å²) in [5, 5.41) is 5.67. The lowest BCUT2D eigenvalue weighted by molar-refractivity contribution is -0.116. The van der Waals surface area contributed by atoms with Crippen LogP contribution in [-0.4, -0.2) is 33.0 Å². The number of Topliss-reactive ketones (excluding diaryl/α,β-unsaturated/α-hetero) is 1. The second kappa shape index (κ2) is 11.4. The number of dihydropyridines is 1. The first-order chi connectivity index (χ1) is 19.8. The topological polar surface area (TPSA) is 85.9 Å². The Bertz CT molecular complexity index is 1540. The second-order valence-corrected chi connectivity index (χ2v) is 9.94. The minimum absolute atomic E-state index is 0.0498. The number of methoxy groups -OCH3 is 3. The van der Waals surface area contributed by atoms with Crippen molar-refractivity contribution in [3.05, 3.63) is 106 Å². The van der Waals surface area contributed by atoms with Gasteiger partial charge in [0.15, 0.2) is 17.3 Å². The van der Waals surface area contributed by atoms with Crippen molar-refractivity contribution in [2.24, 2.45) is 0 Å². The SMILES string of the molecule is COc1cc(C2C(C(=O)Nc3c(F)cccc3F)=C(C)NC3=C2C(=O)CC(c2ccccc2)C3)cc(OC)c1OC. The molecule has 1 aliphatic carbocycles. The van der Waals surface area contributed by atoms with Crippen molar-refractivity contribution in [2.45, 2.75) is 31.6 Å². The summed E-state index contributed by atoms with van der Waals surface area (Å²) in [5.41, 5.74) is 2.71. The van der Waals surface area contributed by atoms with E-state index in [1.165, 1.54) is 27.4 Å². The van der Waals surface area contributed by atoms with Crippen molar-refractivity contribution in [2.75, 3.05) is 26.6 Å². The first kappa shape index (κ1) is 27.9. The highest BCUT2D eigenvalue weighted by atomic mass is 19.1. The molecule has 0 saturated carbocycles. The molecule has 0 saturated heterocycles. The average molecular weight is 561 g/mol. The van der Waals surface area contributed by atoms with Crippen molar-refractivity contribution < 1.29 is 32.6 Å². The summed E-state index contributed by atoms with van der Waals surface area (Å²) < 4.78 is 45.6. The van der Waals surface area contributed by atoms with E-state index in [-0.39, 0.29) is 23.7 Å². The molecule has 3 aromatic carbocycles. The molecule has 1 aliphatic heterocycles. The standard InChI is InChI=1S/C32H30F2N2O5/c1-17-27(32(38)36-30-21(33)11-8-12-22(30)34)28(20-15-25(39-2)31(41-4)26(16-20)40-3)29-23(35-17)13-19(14-24(29)37)18-9-6-5-7-10-18/h5-12,15-16,19,28,35H,13-14H2,1-4H3,(H,36,38). The molecule has 2 unspecified atom stereocenters. The number of para-hydroxylation sites is 1. The van der Waals surface area contributed by atoms with Gasteiger partial charge in [-0.1, -0.05) is 36.4 Å². The van der Waals surface area contributed by atoms with E-state index in [0.717, 1.165) is 17.7 Å². The average Bonchev–Trinajstić information content (AvgIpc) is 2.97. The normalized spacial score (nSPS) is 18.4. The molecular formula is C32H30F2N2O5. The van der Waals surface area contributed by atoms with Gasteiger partial charge in [-0.2, -0.15) is 0 Å². The van der Waals surface area contributed by atoms with Gasteiger partial charge in [-0.15, -0.1) is 0 Å². The number of carbonyl (C=O) groups is 2. The van der Waals surface area contributed by atoms with Crippen LogP contribution >= 0.6 is 0 Å². The summed E-state index contributed by atoms with van der Waals surface area (Å²) >= 11 is 0. The molecular weight excluding hydrogens is 530 g/mol. The number of allylic oxidation sites excluding steroid dienone is 3. The van der Waals surface area contributed by atoms with E-state index in [1.807, 2.05) is 30.3 Å². The maximum absolute atomic E-state index is 14.5. The van der Waals surface area contributed by atoms with Crippen LogP contribution in [-0.2, 0) is 9.59 Å². The Morgan fingerprint density at radius 2 is 1.51 bits per heavy atom. The molecule has 212 valence electrons. The summed E-state index contributed by atoms with van der Waals surface area (Å²) in [6.45, 7) is 1.71. The van der Waals surface area contributed by atoms with Crippen LogP contribution in [0.3, 0.4) is 0 Å². The van der Waals surface area contributed by atoms with E-state index in [4.69, 9.17) is 14.2 Å². The Hall–Kier alpha value is -4.66. The van der Waals surface area contributed by atoms with Gasteiger partial charge in [-0.05, 0) is 54.7 Å². The van der Waals surface area contributed by atoms with Crippen LogP contribution in [0, 0.1) is 11.6 Å². The minimum Gasteiger partial charge on any atom is -0.493 e.